The standard InChI is InChI=1S/C17H23NO2/c18-10-4-8-15-7-3-9-17(13-15)20-12-11-19-14-16-5-1-2-6-16/h3,7,9,13,16H,1-2,5-6,10-12,14,18H2. The fourth-order valence-electron chi connectivity index (χ4n) is 2.46. The van der Waals surface area contributed by atoms with Crippen LogP contribution >= 0.6 is 0 Å². The first kappa shape index (κ1) is 14.9. The predicted molar refractivity (Wildman–Crippen MR) is 80.6 cm³/mol. The van der Waals surface area contributed by atoms with Crippen molar-refractivity contribution in [2.24, 2.45) is 11.7 Å². The van der Waals surface area contributed by atoms with Crippen LogP contribution in [0.2, 0.25) is 0 Å². The van der Waals surface area contributed by atoms with Crippen LogP contribution in [0, 0.1) is 17.8 Å². The van der Waals surface area contributed by atoms with Crippen molar-refractivity contribution in [1.29, 1.82) is 0 Å². The second-order valence-corrected chi connectivity index (χ2v) is 5.11. The van der Waals surface area contributed by atoms with Crippen LogP contribution in [0.1, 0.15) is 31.2 Å². The van der Waals surface area contributed by atoms with Crippen molar-refractivity contribution in [2.75, 3.05) is 26.4 Å². The summed E-state index contributed by atoms with van der Waals surface area (Å²) in [5.41, 5.74) is 6.29. The molecule has 3 nitrogen and oxygen atoms in total. The van der Waals surface area contributed by atoms with Crippen LogP contribution in [0.5, 0.6) is 5.75 Å². The van der Waals surface area contributed by atoms with Crippen LogP contribution in [-0.4, -0.2) is 26.4 Å². The van der Waals surface area contributed by atoms with Gasteiger partial charge in [-0.1, -0.05) is 30.7 Å². The zero-order valence-electron chi connectivity index (χ0n) is 11.9. The molecule has 1 aliphatic rings. The summed E-state index contributed by atoms with van der Waals surface area (Å²) in [6.07, 6.45) is 5.37. The van der Waals surface area contributed by atoms with E-state index < -0.39 is 0 Å². The molecule has 108 valence electrons. The van der Waals surface area contributed by atoms with Gasteiger partial charge in [-0.05, 0) is 37.0 Å². The second-order valence-electron chi connectivity index (χ2n) is 5.11. The van der Waals surface area contributed by atoms with Gasteiger partial charge in [0, 0.05) is 12.2 Å². The van der Waals surface area contributed by atoms with Crippen molar-refractivity contribution < 1.29 is 9.47 Å². The van der Waals surface area contributed by atoms with Gasteiger partial charge in [-0.2, -0.15) is 0 Å². The lowest BCUT2D eigenvalue weighted by Gasteiger charge is -2.10. The van der Waals surface area contributed by atoms with E-state index >= 15 is 0 Å². The Morgan fingerprint density at radius 2 is 2.05 bits per heavy atom. The SMILES string of the molecule is NCC#Cc1cccc(OCCOCC2CCCC2)c1. The van der Waals surface area contributed by atoms with Gasteiger partial charge in [0.1, 0.15) is 12.4 Å². The molecule has 0 unspecified atom stereocenters. The topological polar surface area (TPSA) is 44.5 Å². The Morgan fingerprint density at radius 1 is 1.20 bits per heavy atom. The highest BCUT2D eigenvalue weighted by Crippen LogP contribution is 2.24. The average Bonchev–Trinajstić information content (AvgIpc) is 2.98. The van der Waals surface area contributed by atoms with Gasteiger partial charge < -0.3 is 15.2 Å². The van der Waals surface area contributed by atoms with Crippen molar-refractivity contribution in [3.8, 4) is 17.6 Å². The van der Waals surface area contributed by atoms with Crippen molar-refractivity contribution in [3.05, 3.63) is 29.8 Å². The highest BCUT2D eigenvalue weighted by Gasteiger charge is 2.14. The summed E-state index contributed by atoms with van der Waals surface area (Å²) in [6.45, 7) is 2.49. The molecule has 0 amide bonds. The molecule has 0 aromatic heterocycles. The van der Waals surface area contributed by atoms with Gasteiger partial charge in [0.25, 0.3) is 0 Å². The molecule has 0 radical (unpaired) electrons. The lowest BCUT2D eigenvalue weighted by molar-refractivity contribution is 0.0754. The van der Waals surface area contributed by atoms with Crippen molar-refractivity contribution in [1.82, 2.24) is 0 Å². The van der Waals surface area contributed by atoms with E-state index in [4.69, 9.17) is 15.2 Å². The number of hydrogen-bond donors (Lipinski definition) is 1. The molecule has 0 atom stereocenters. The third-order valence-corrected chi connectivity index (χ3v) is 3.49. The third kappa shape index (κ3) is 5.24. The first-order chi connectivity index (χ1) is 9.88. The maximum Gasteiger partial charge on any atom is 0.120 e. The molecular weight excluding hydrogens is 250 g/mol. The van der Waals surface area contributed by atoms with Crippen LogP contribution in [0.15, 0.2) is 24.3 Å². The Hall–Kier alpha value is -1.50. The minimum atomic E-state index is 0.375. The molecule has 0 saturated heterocycles. The maximum absolute atomic E-state index is 5.67. The molecule has 2 N–H and O–H groups in total. The van der Waals surface area contributed by atoms with Gasteiger partial charge in [-0.15, -0.1) is 0 Å². The minimum Gasteiger partial charge on any atom is -0.491 e. The number of ether oxygens (including phenoxy) is 2. The van der Waals surface area contributed by atoms with Crippen molar-refractivity contribution in [3.63, 3.8) is 0 Å². The quantitative estimate of drug-likeness (QED) is 0.640. The highest BCUT2D eigenvalue weighted by atomic mass is 16.5. The number of nitrogens with two attached hydrogens (primary N) is 1. The van der Waals surface area contributed by atoms with E-state index in [-0.39, 0.29) is 0 Å². The van der Waals surface area contributed by atoms with E-state index in [1.807, 2.05) is 24.3 Å². The molecular formula is C17H23NO2. The molecule has 3 heteroatoms. The lowest BCUT2D eigenvalue weighted by atomic mass is 10.1. The predicted octanol–water partition coefficient (Wildman–Crippen LogP) is 2.58. The molecule has 1 aliphatic carbocycles. The highest BCUT2D eigenvalue weighted by molar-refractivity contribution is 5.39. The third-order valence-electron chi connectivity index (χ3n) is 3.49. The van der Waals surface area contributed by atoms with Crippen LogP contribution in [0.3, 0.4) is 0 Å². The van der Waals surface area contributed by atoms with Gasteiger partial charge in [0.05, 0.1) is 13.2 Å². The lowest BCUT2D eigenvalue weighted by Crippen LogP contribution is -2.11. The molecule has 0 heterocycles. The average molecular weight is 273 g/mol. The van der Waals surface area contributed by atoms with Gasteiger partial charge in [-0.25, -0.2) is 0 Å². The van der Waals surface area contributed by atoms with Gasteiger partial charge in [-0.3, -0.25) is 0 Å². The summed E-state index contributed by atoms with van der Waals surface area (Å²) in [5, 5.41) is 0. The Balaban J connectivity index is 1.65. The van der Waals surface area contributed by atoms with E-state index in [1.54, 1.807) is 0 Å². The van der Waals surface area contributed by atoms with Crippen LogP contribution in [-0.2, 0) is 4.74 Å². The minimum absolute atomic E-state index is 0.375. The first-order valence-corrected chi connectivity index (χ1v) is 7.38. The Kier molecular flexibility index (Phi) is 6.43. The van der Waals surface area contributed by atoms with Crippen LogP contribution < -0.4 is 10.5 Å². The van der Waals surface area contributed by atoms with Gasteiger partial charge in [0.2, 0.25) is 0 Å². The maximum atomic E-state index is 5.67. The van der Waals surface area contributed by atoms with Crippen LogP contribution in [0.25, 0.3) is 0 Å². The number of benzene rings is 1. The Labute approximate surface area is 121 Å². The summed E-state index contributed by atoms with van der Waals surface area (Å²) in [7, 11) is 0. The molecule has 0 aliphatic heterocycles. The number of rotatable bonds is 6. The summed E-state index contributed by atoms with van der Waals surface area (Å²) in [5.74, 6) is 7.43. The second kappa shape index (κ2) is 8.63. The van der Waals surface area contributed by atoms with E-state index in [0.717, 1.165) is 23.8 Å². The molecule has 0 bridgehead atoms. The summed E-state index contributed by atoms with van der Waals surface area (Å²) < 4.78 is 11.3. The van der Waals surface area contributed by atoms with Crippen molar-refractivity contribution >= 4 is 0 Å². The van der Waals surface area contributed by atoms with E-state index in [1.165, 1.54) is 25.7 Å². The normalized spacial score (nSPS) is 14.8. The molecule has 1 aromatic rings. The number of hydrogen-bond acceptors (Lipinski definition) is 3. The first-order valence-electron chi connectivity index (χ1n) is 7.38. The Morgan fingerprint density at radius 3 is 2.85 bits per heavy atom. The molecule has 1 aromatic carbocycles. The molecule has 20 heavy (non-hydrogen) atoms. The largest absolute Gasteiger partial charge is 0.491 e. The Bertz CT molecular complexity index is 456. The van der Waals surface area contributed by atoms with Crippen LogP contribution in [0.4, 0.5) is 0 Å². The van der Waals surface area contributed by atoms with E-state index in [0.29, 0.717) is 19.8 Å². The smallest absolute Gasteiger partial charge is 0.120 e. The fraction of sp³-hybridized carbons (Fsp3) is 0.529. The zero-order valence-corrected chi connectivity index (χ0v) is 11.9. The molecule has 1 fully saturated rings. The summed E-state index contributed by atoms with van der Waals surface area (Å²) >= 11 is 0. The zero-order chi connectivity index (χ0) is 14.0. The summed E-state index contributed by atoms with van der Waals surface area (Å²) in [4.78, 5) is 0. The summed E-state index contributed by atoms with van der Waals surface area (Å²) in [6, 6.07) is 7.76. The van der Waals surface area contributed by atoms with Gasteiger partial charge >= 0.3 is 0 Å². The van der Waals surface area contributed by atoms with Crippen molar-refractivity contribution in [2.45, 2.75) is 25.7 Å². The van der Waals surface area contributed by atoms with E-state index in [9.17, 15) is 0 Å². The molecule has 1 saturated carbocycles. The molecule has 0 spiro atoms. The monoisotopic (exact) mass is 273 g/mol. The fourth-order valence-corrected chi connectivity index (χ4v) is 2.46. The van der Waals surface area contributed by atoms with E-state index in [2.05, 4.69) is 11.8 Å². The molecule has 2 rings (SSSR count). The van der Waals surface area contributed by atoms with Gasteiger partial charge in [0.15, 0.2) is 0 Å².